The third-order valence-corrected chi connectivity index (χ3v) is 3.39. The van der Waals surface area contributed by atoms with Gasteiger partial charge in [-0.25, -0.2) is 0 Å². The zero-order valence-electron chi connectivity index (χ0n) is 10.3. The Kier molecular flexibility index (Phi) is 3.73. The van der Waals surface area contributed by atoms with E-state index >= 15 is 0 Å². The Hall–Kier alpha value is -1.73. The van der Waals surface area contributed by atoms with Crippen molar-refractivity contribution in [1.29, 1.82) is 0 Å². The van der Waals surface area contributed by atoms with Gasteiger partial charge in [-0.3, -0.25) is 0 Å². The standard InChI is InChI=1S/C14H15O3P/c1-16-11-7-4-8-12(17-2)13(11)9-5-3-6-10(15)14(9)18/h3-8,15H,18H2,1-2H3. The predicted octanol–water partition coefficient (Wildman–Crippen LogP) is 2.58. The summed E-state index contributed by atoms with van der Waals surface area (Å²) in [6.07, 6.45) is 0. The van der Waals surface area contributed by atoms with Crippen molar-refractivity contribution in [3.63, 3.8) is 0 Å². The van der Waals surface area contributed by atoms with Crippen LogP contribution in [0.15, 0.2) is 36.4 Å². The highest BCUT2D eigenvalue weighted by Gasteiger charge is 2.15. The van der Waals surface area contributed by atoms with Crippen molar-refractivity contribution in [1.82, 2.24) is 0 Å². The fraction of sp³-hybridized carbons (Fsp3) is 0.143. The van der Waals surface area contributed by atoms with E-state index in [1.54, 1.807) is 26.4 Å². The van der Waals surface area contributed by atoms with Crippen LogP contribution in [0.2, 0.25) is 0 Å². The SMILES string of the molecule is COc1cccc(OC)c1-c1cccc(O)c1P. The molecule has 0 aliphatic heterocycles. The van der Waals surface area contributed by atoms with Crippen LogP contribution in [-0.2, 0) is 0 Å². The first-order chi connectivity index (χ1) is 8.69. The topological polar surface area (TPSA) is 38.7 Å². The molecule has 18 heavy (non-hydrogen) atoms. The summed E-state index contributed by atoms with van der Waals surface area (Å²) in [6.45, 7) is 0. The van der Waals surface area contributed by atoms with Crippen molar-refractivity contribution >= 4 is 14.5 Å². The molecule has 0 heterocycles. The molecule has 0 spiro atoms. The minimum atomic E-state index is 0.227. The summed E-state index contributed by atoms with van der Waals surface area (Å²) in [7, 11) is 5.77. The largest absolute Gasteiger partial charge is 0.507 e. The molecule has 0 radical (unpaired) electrons. The van der Waals surface area contributed by atoms with E-state index in [9.17, 15) is 5.11 Å². The van der Waals surface area contributed by atoms with Gasteiger partial charge in [0.25, 0.3) is 0 Å². The van der Waals surface area contributed by atoms with E-state index in [4.69, 9.17) is 9.47 Å². The molecule has 0 aromatic heterocycles. The zero-order valence-corrected chi connectivity index (χ0v) is 11.5. The van der Waals surface area contributed by atoms with Crippen LogP contribution in [-0.4, -0.2) is 19.3 Å². The number of hydrogen-bond acceptors (Lipinski definition) is 3. The fourth-order valence-electron chi connectivity index (χ4n) is 1.89. The zero-order chi connectivity index (χ0) is 13.1. The van der Waals surface area contributed by atoms with Crippen molar-refractivity contribution in [3.8, 4) is 28.4 Å². The van der Waals surface area contributed by atoms with Crippen LogP contribution in [0.4, 0.5) is 0 Å². The summed E-state index contributed by atoms with van der Waals surface area (Å²) in [4.78, 5) is 0. The van der Waals surface area contributed by atoms with Crippen LogP contribution in [0, 0.1) is 0 Å². The van der Waals surface area contributed by atoms with Gasteiger partial charge in [0.05, 0.1) is 19.8 Å². The summed E-state index contributed by atoms with van der Waals surface area (Å²) >= 11 is 0. The number of phenolic OH excluding ortho intramolecular Hbond substituents is 1. The lowest BCUT2D eigenvalue weighted by Crippen LogP contribution is -2.01. The molecule has 94 valence electrons. The van der Waals surface area contributed by atoms with Crippen molar-refractivity contribution in [2.75, 3.05) is 14.2 Å². The molecule has 0 aliphatic rings. The number of phenols is 1. The summed E-state index contributed by atoms with van der Waals surface area (Å²) in [6, 6.07) is 11.0. The molecule has 2 aromatic carbocycles. The Labute approximate surface area is 109 Å². The molecule has 1 atom stereocenters. The highest BCUT2D eigenvalue weighted by atomic mass is 31.0. The van der Waals surface area contributed by atoms with Gasteiger partial charge in [0.2, 0.25) is 0 Å². The van der Waals surface area contributed by atoms with Crippen molar-refractivity contribution < 1.29 is 14.6 Å². The van der Waals surface area contributed by atoms with E-state index in [1.807, 2.05) is 24.3 Å². The lowest BCUT2D eigenvalue weighted by molar-refractivity contribution is 0.397. The molecule has 1 unspecified atom stereocenters. The normalized spacial score (nSPS) is 10.2. The number of hydrogen-bond donors (Lipinski definition) is 1. The minimum absolute atomic E-state index is 0.227. The minimum Gasteiger partial charge on any atom is -0.507 e. The maximum absolute atomic E-state index is 9.79. The molecule has 0 bridgehead atoms. The summed E-state index contributed by atoms with van der Waals surface area (Å²) < 4.78 is 10.7. The molecule has 0 saturated heterocycles. The van der Waals surface area contributed by atoms with Crippen LogP contribution in [0.25, 0.3) is 11.1 Å². The van der Waals surface area contributed by atoms with E-state index in [0.717, 1.165) is 16.4 Å². The van der Waals surface area contributed by atoms with Gasteiger partial charge in [0, 0.05) is 5.30 Å². The van der Waals surface area contributed by atoms with Gasteiger partial charge in [-0.1, -0.05) is 18.2 Å². The second-order valence-corrected chi connectivity index (χ2v) is 4.35. The second kappa shape index (κ2) is 5.28. The number of benzene rings is 2. The molecule has 2 rings (SSSR count). The first-order valence-electron chi connectivity index (χ1n) is 5.48. The molecule has 1 N–H and O–H groups in total. The van der Waals surface area contributed by atoms with Gasteiger partial charge in [0.15, 0.2) is 0 Å². The van der Waals surface area contributed by atoms with E-state index < -0.39 is 0 Å². The summed E-state index contributed by atoms with van der Waals surface area (Å²) in [5.41, 5.74) is 1.71. The highest BCUT2D eigenvalue weighted by molar-refractivity contribution is 7.28. The molecule has 0 saturated carbocycles. The smallest absolute Gasteiger partial charge is 0.130 e. The van der Waals surface area contributed by atoms with E-state index in [1.165, 1.54) is 0 Å². The highest BCUT2D eigenvalue weighted by Crippen LogP contribution is 2.38. The first kappa shape index (κ1) is 12.7. The van der Waals surface area contributed by atoms with Gasteiger partial charge in [-0.15, -0.1) is 9.24 Å². The molecule has 0 fully saturated rings. The van der Waals surface area contributed by atoms with Gasteiger partial charge < -0.3 is 14.6 Å². The molecular weight excluding hydrogens is 247 g/mol. The van der Waals surface area contributed by atoms with Gasteiger partial charge >= 0.3 is 0 Å². The van der Waals surface area contributed by atoms with E-state index in [-0.39, 0.29) is 5.75 Å². The molecular formula is C14H15O3P. The molecule has 0 amide bonds. The van der Waals surface area contributed by atoms with Gasteiger partial charge in [0.1, 0.15) is 17.2 Å². The van der Waals surface area contributed by atoms with Crippen LogP contribution >= 0.6 is 9.24 Å². The van der Waals surface area contributed by atoms with Gasteiger partial charge in [-0.2, -0.15) is 0 Å². The number of ether oxygens (including phenoxy) is 2. The predicted molar refractivity (Wildman–Crippen MR) is 76.0 cm³/mol. The number of rotatable bonds is 3. The van der Waals surface area contributed by atoms with Crippen LogP contribution in [0.3, 0.4) is 0 Å². The van der Waals surface area contributed by atoms with Crippen molar-refractivity contribution in [3.05, 3.63) is 36.4 Å². The Morgan fingerprint density at radius 3 is 2.06 bits per heavy atom. The third-order valence-electron chi connectivity index (χ3n) is 2.78. The molecule has 0 aliphatic carbocycles. The quantitative estimate of drug-likeness (QED) is 0.864. The van der Waals surface area contributed by atoms with Crippen molar-refractivity contribution in [2.45, 2.75) is 0 Å². The van der Waals surface area contributed by atoms with Gasteiger partial charge in [-0.05, 0) is 23.8 Å². The maximum Gasteiger partial charge on any atom is 0.130 e. The average Bonchev–Trinajstić information content (AvgIpc) is 2.41. The molecule has 4 heteroatoms. The Morgan fingerprint density at radius 1 is 0.944 bits per heavy atom. The molecule has 2 aromatic rings. The maximum atomic E-state index is 9.79. The average molecular weight is 262 g/mol. The van der Waals surface area contributed by atoms with Crippen molar-refractivity contribution in [2.24, 2.45) is 0 Å². The van der Waals surface area contributed by atoms with Crippen LogP contribution in [0.1, 0.15) is 0 Å². The third kappa shape index (κ3) is 2.14. The molecule has 3 nitrogen and oxygen atoms in total. The fourth-order valence-corrected chi connectivity index (χ4v) is 2.22. The number of aromatic hydroxyl groups is 1. The monoisotopic (exact) mass is 262 g/mol. The van der Waals surface area contributed by atoms with Crippen LogP contribution < -0.4 is 14.8 Å². The lowest BCUT2D eigenvalue weighted by Gasteiger charge is -2.15. The first-order valence-corrected chi connectivity index (χ1v) is 6.05. The Bertz CT molecular complexity index is 545. The Morgan fingerprint density at radius 2 is 1.50 bits per heavy atom. The summed E-state index contributed by atoms with van der Waals surface area (Å²) in [5, 5.41) is 10.5. The van der Waals surface area contributed by atoms with E-state index in [0.29, 0.717) is 11.5 Å². The summed E-state index contributed by atoms with van der Waals surface area (Å²) in [5.74, 6) is 1.65. The lowest BCUT2D eigenvalue weighted by atomic mass is 10.0. The van der Waals surface area contributed by atoms with E-state index in [2.05, 4.69) is 9.24 Å². The second-order valence-electron chi connectivity index (χ2n) is 3.78. The van der Waals surface area contributed by atoms with Crippen LogP contribution in [0.5, 0.6) is 17.2 Å². The number of methoxy groups -OCH3 is 2. The Balaban J connectivity index is 2.73.